The van der Waals surface area contributed by atoms with Crippen LogP contribution < -0.4 is 10.2 Å². The number of hydrogen-bond acceptors (Lipinski definition) is 3. The molecule has 1 aromatic rings. The highest BCUT2D eigenvalue weighted by molar-refractivity contribution is 5.70. The number of nitrogens with one attached hydrogen (secondary N) is 1. The molecule has 1 aliphatic heterocycles. The Kier molecular flexibility index (Phi) is 5.08. The number of benzene rings is 1. The molecule has 0 radical (unpaired) electrons. The molecule has 0 aliphatic carbocycles. The van der Waals surface area contributed by atoms with Gasteiger partial charge in [0.15, 0.2) is 0 Å². The molecule has 0 spiro atoms. The summed E-state index contributed by atoms with van der Waals surface area (Å²) >= 11 is 0. The number of hydrogen-bond donors (Lipinski definition) is 1. The van der Waals surface area contributed by atoms with Gasteiger partial charge in [0.1, 0.15) is 0 Å². The van der Waals surface area contributed by atoms with Crippen molar-refractivity contribution in [2.24, 2.45) is 0 Å². The van der Waals surface area contributed by atoms with Crippen LogP contribution in [0, 0.1) is 0 Å². The Morgan fingerprint density at radius 2 is 1.79 bits per heavy atom. The second-order valence-electron chi connectivity index (χ2n) is 5.44. The molecule has 106 valence electrons. The zero-order chi connectivity index (χ0) is 13.7. The highest BCUT2D eigenvalue weighted by Crippen LogP contribution is 2.29. The Morgan fingerprint density at radius 1 is 1.11 bits per heavy atom. The van der Waals surface area contributed by atoms with E-state index in [2.05, 4.69) is 48.3 Å². The summed E-state index contributed by atoms with van der Waals surface area (Å²) in [5.74, 6) is 0. The van der Waals surface area contributed by atoms with Crippen molar-refractivity contribution in [3.05, 3.63) is 24.3 Å². The van der Waals surface area contributed by atoms with Crippen LogP contribution in [0.3, 0.4) is 0 Å². The lowest BCUT2D eigenvalue weighted by molar-refractivity contribution is 0.106. The van der Waals surface area contributed by atoms with Gasteiger partial charge in [0, 0.05) is 26.2 Å². The van der Waals surface area contributed by atoms with E-state index in [1.165, 1.54) is 43.7 Å². The maximum atomic E-state index is 5.39. The normalized spacial score (nSPS) is 19.0. The molecule has 3 heteroatoms. The lowest BCUT2D eigenvalue weighted by atomic mass is 10.1. The fourth-order valence-corrected chi connectivity index (χ4v) is 2.57. The van der Waals surface area contributed by atoms with Gasteiger partial charge in [-0.3, -0.25) is 0 Å². The van der Waals surface area contributed by atoms with Gasteiger partial charge < -0.3 is 15.0 Å². The molecule has 0 amide bonds. The van der Waals surface area contributed by atoms with Crippen molar-refractivity contribution in [2.75, 3.05) is 30.4 Å². The highest BCUT2D eigenvalue weighted by Gasteiger charge is 2.17. The number of methoxy groups -OCH3 is 1. The Labute approximate surface area is 116 Å². The van der Waals surface area contributed by atoms with E-state index in [0.29, 0.717) is 6.04 Å². The van der Waals surface area contributed by atoms with Crippen LogP contribution in [-0.2, 0) is 4.74 Å². The van der Waals surface area contributed by atoms with Crippen LogP contribution in [0.5, 0.6) is 0 Å². The summed E-state index contributed by atoms with van der Waals surface area (Å²) < 4.78 is 5.39. The van der Waals surface area contributed by atoms with Crippen LogP contribution in [0.15, 0.2) is 24.3 Å². The maximum Gasteiger partial charge on any atom is 0.0741 e. The van der Waals surface area contributed by atoms with E-state index < -0.39 is 0 Å². The summed E-state index contributed by atoms with van der Waals surface area (Å²) in [7, 11) is 1.76. The van der Waals surface area contributed by atoms with Gasteiger partial charge in [0.05, 0.1) is 17.5 Å². The van der Waals surface area contributed by atoms with Crippen LogP contribution in [0.1, 0.15) is 33.1 Å². The number of anilines is 2. The number of piperidine rings is 1. The van der Waals surface area contributed by atoms with Gasteiger partial charge in [0.25, 0.3) is 0 Å². The number of rotatable bonds is 5. The molecule has 1 aromatic carbocycles. The minimum absolute atomic E-state index is 0.203. The quantitative estimate of drug-likeness (QED) is 0.879. The Hall–Kier alpha value is -1.22. The van der Waals surface area contributed by atoms with Gasteiger partial charge in [0.2, 0.25) is 0 Å². The van der Waals surface area contributed by atoms with Crippen molar-refractivity contribution in [1.82, 2.24) is 0 Å². The summed E-state index contributed by atoms with van der Waals surface area (Å²) in [6.07, 6.45) is 4.18. The Morgan fingerprint density at radius 3 is 2.47 bits per heavy atom. The topological polar surface area (TPSA) is 24.5 Å². The average molecular weight is 262 g/mol. The molecule has 0 saturated carbocycles. The lowest BCUT2D eigenvalue weighted by Crippen LogP contribution is -2.33. The number of para-hydroxylation sites is 2. The van der Waals surface area contributed by atoms with Crippen LogP contribution in [0.4, 0.5) is 11.4 Å². The molecule has 1 fully saturated rings. The Balaban J connectivity index is 2.11. The summed E-state index contributed by atoms with van der Waals surface area (Å²) in [6.45, 7) is 6.61. The molecular weight excluding hydrogens is 236 g/mol. The van der Waals surface area contributed by atoms with E-state index in [1.807, 2.05) is 0 Å². The molecule has 0 bridgehead atoms. The third-order valence-corrected chi connectivity index (χ3v) is 4.06. The first-order valence-corrected chi connectivity index (χ1v) is 7.35. The molecule has 2 unspecified atom stereocenters. The predicted molar refractivity (Wildman–Crippen MR) is 82.1 cm³/mol. The second kappa shape index (κ2) is 6.80. The second-order valence-corrected chi connectivity index (χ2v) is 5.44. The van der Waals surface area contributed by atoms with E-state index in [9.17, 15) is 0 Å². The van der Waals surface area contributed by atoms with Gasteiger partial charge in [-0.1, -0.05) is 12.1 Å². The Bertz CT molecular complexity index is 388. The van der Waals surface area contributed by atoms with Gasteiger partial charge in [-0.05, 0) is 45.2 Å². The van der Waals surface area contributed by atoms with Gasteiger partial charge >= 0.3 is 0 Å². The monoisotopic (exact) mass is 262 g/mol. The largest absolute Gasteiger partial charge is 0.380 e. The van der Waals surface area contributed by atoms with Crippen LogP contribution in [0.2, 0.25) is 0 Å². The molecule has 1 heterocycles. The minimum Gasteiger partial charge on any atom is -0.380 e. The first kappa shape index (κ1) is 14.2. The molecule has 19 heavy (non-hydrogen) atoms. The first-order valence-electron chi connectivity index (χ1n) is 7.35. The third kappa shape index (κ3) is 3.63. The SMILES string of the molecule is COC(C)C(C)Nc1ccccc1N1CCCCC1. The fraction of sp³-hybridized carbons (Fsp3) is 0.625. The molecule has 0 aromatic heterocycles. The molecule has 1 saturated heterocycles. The van der Waals surface area contributed by atoms with Gasteiger partial charge in [-0.25, -0.2) is 0 Å². The lowest BCUT2D eigenvalue weighted by Gasteiger charge is -2.32. The summed E-state index contributed by atoms with van der Waals surface area (Å²) in [4.78, 5) is 2.50. The van der Waals surface area contributed by atoms with Gasteiger partial charge in [-0.2, -0.15) is 0 Å². The van der Waals surface area contributed by atoms with Gasteiger partial charge in [-0.15, -0.1) is 0 Å². The molecule has 3 nitrogen and oxygen atoms in total. The molecule has 1 aliphatic rings. The number of nitrogens with zero attached hydrogens (tertiary/aromatic N) is 1. The minimum atomic E-state index is 0.203. The van der Waals surface area contributed by atoms with E-state index in [-0.39, 0.29) is 6.10 Å². The summed E-state index contributed by atoms with van der Waals surface area (Å²) in [5, 5.41) is 3.59. The average Bonchev–Trinajstić information content (AvgIpc) is 2.47. The predicted octanol–water partition coefficient (Wildman–Crippen LogP) is 3.51. The number of ether oxygens (including phenoxy) is 1. The van der Waals surface area contributed by atoms with Crippen LogP contribution in [-0.4, -0.2) is 32.3 Å². The van der Waals surface area contributed by atoms with E-state index >= 15 is 0 Å². The first-order chi connectivity index (χ1) is 9.22. The summed E-state index contributed by atoms with van der Waals surface area (Å²) in [5.41, 5.74) is 2.55. The molecule has 1 N–H and O–H groups in total. The maximum absolute atomic E-state index is 5.39. The van der Waals surface area contributed by atoms with E-state index in [0.717, 1.165) is 0 Å². The van der Waals surface area contributed by atoms with Crippen molar-refractivity contribution in [2.45, 2.75) is 45.3 Å². The zero-order valence-electron chi connectivity index (χ0n) is 12.4. The fourth-order valence-electron chi connectivity index (χ4n) is 2.57. The van der Waals surface area contributed by atoms with Crippen molar-refractivity contribution in [3.8, 4) is 0 Å². The van der Waals surface area contributed by atoms with E-state index in [1.54, 1.807) is 7.11 Å². The van der Waals surface area contributed by atoms with Crippen molar-refractivity contribution in [1.29, 1.82) is 0 Å². The van der Waals surface area contributed by atoms with Crippen LogP contribution >= 0.6 is 0 Å². The standard InChI is InChI=1S/C16H26N2O/c1-13(14(2)19-3)17-15-9-5-6-10-16(15)18-11-7-4-8-12-18/h5-6,9-10,13-14,17H,4,7-8,11-12H2,1-3H3. The third-order valence-electron chi connectivity index (χ3n) is 4.06. The molecular formula is C16H26N2O. The zero-order valence-corrected chi connectivity index (χ0v) is 12.4. The van der Waals surface area contributed by atoms with Crippen molar-refractivity contribution >= 4 is 11.4 Å². The van der Waals surface area contributed by atoms with E-state index in [4.69, 9.17) is 4.74 Å². The van der Waals surface area contributed by atoms with Crippen molar-refractivity contribution in [3.63, 3.8) is 0 Å². The molecule has 2 rings (SSSR count). The van der Waals surface area contributed by atoms with Crippen LogP contribution in [0.25, 0.3) is 0 Å². The smallest absolute Gasteiger partial charge is 0.0741 e. The molecule has 2 atom stereocenters. The highest BCUT2D eigenvalue weighted by atomic mass is 16.5. The summed E-state index contributed by atoms with van der Waals surface area (Å²) in [6, 6.07) is 8.91. The van der Waals surface area contributed by atoms with Crippen molar-refractivity contribution < 1.29 is 4.74 Å².